The molecule has 4 aromatic rings. The van der Waals surface area contributed by atoms with Crippen molar-refractivity contribution < 1.29 is 13.9 Å². The lowest BCUT2D eigenvalue weighted by Crippen LogP contribution is -2.22. The van der Waals surface area contributed by atoms with Crippen LogP contribution in [0.3, 0.4) is 0 Å². The van der Waals surface area contributed by atoms with E-state index >= 15 is 0 Å². The molecule has 31 heavy (non-hydrogen) atoms. The van der Waals surface area contributed by atoms with Gasteiger partial charge in [-0.2, -0.15) is 0 Å². The summed E-state index contributed by atoms with van der Waals surface area (Å²) in [5.74, 6) is -0.364. The fraction of sp³-hybridized carbons (Fsp3) is 0.125. The molecule has 0 aliphatic rings. The summed E-state index contributed by atoms with van der Waals surface area (Å²) in [5.41, 5.74) is 3.70. The standard InChI is InChI=1S/C24H21FN4O2/c1-15-8-17(13-26-12-15)22(29-19-9-18(25)10-20(11-19)31-2)24(30)23-21(27-14-28-23)16-6-4-3-5-7-16/h3-14,22,29H,1-2H3,(H,27,28). The summed E-state index contributed by atoms with van der Waals surface area (Å²) >= 11 is 0. The number of imidazole rings is 1. The highest BCUT2D eigenvalue weighted by Gasteiger charge is 2.27. The number of anilines is 1. The predicted octanol–water partition coefficient (Wildman–Crippen LogP) is 4.96. The molecule has 2 heterocycles. The number of carbonyl (C=O) groups is 1. The van der Waals surface area contributed by atoms with E-state index in [0.717, 1.165) is 11.1 Å². The number of methoxy groups -OCH3 is 1. The van der Waals surface area contributed by atoms with Gasteiger partial charge in [-0.1, -0.05) is 36.4 Å². The molecule has 0 aliphatic carbocycles. The van der Waals surface area contributed by atoms with Crippen LogP contribution in [-0.4, -0.2) is 27.8 Å². The second-order valence-corrected chi connectivity index (χ2v) is 7.11. The molecular weight excluding hydrogens is 395 g/mol. The Kier molecular flexibility index (Phi) is 5.75. The Labute approximate surface area is 179 Å². The Hall–Kier alpha value is -4.00. The Morgan fingerprint density at radius 2 is 1.94 bits per heavy atom. The second kappa shape index (κ2) is 8.79. The molecule has 0 radical (unpaired) electrons. The van der Waals surface area contributed by atoms with Gasteiger partial charge in [-0.3, -0.25) is 9.78 Å². The molecule has 2 aromatic carbocycles. The van der Waals surface area contributed by atoms with E-state index in [-0.39, 0.29) is 5.78 Å². The number of Topliss-reactive ketones (excluding diaryl/α,β-unsaturated/α-hetero) is 1. The van der Waals surface area contributed by atoms with Gasteiger partial charge in [-0.25, -0.2) is 9.37 Å². The van der Waals surface area contributed by atoms with Gasteiger partial charge in [-0.15, -0.1) is 0 Å². The van der Waals surface area contributed by atoms with Crippen molar-refractivity contribution in [2.75, 3.05) is 12.4 Å². The van der Waals surface area contributed by atoms with Crippen LogP contribution in [-0.2, 0) is 0 Å². The summed E-state index contributed by atoms with van der Waals surface area (Å²) in [6.07, 6.45) is 4.83. The van der Waals surface area contributed by atoms with E-state index in [9.17, 15) is 9.18 Å². The largest absolute Gasteiger partial charge is 0.497 e. The SMILES string of the molecule is COc1cc(F)cc(NC(C(=O)c2[nH]cnc2-c2ccccc2)c2cncc(C)c2)c1. The summed E-state index contributed by atoms with van der Waals surface area (Å²) in [5, 5.41) is 3.15. The number of carbonyl (C=O) groups excluding carboxylic acids is 1. The lowest BCUT2D eigenvalue weighted by Gasteiger charge is -2.20. The summed E-state index contributed by atoms with van der Waals surface area (Å²) in [6, 6.07) is 14.7. The van der Waals surface area contributed by atoms with Crippen LogP contribution in [0.2, 0.25) is 0 Å². The predicted molar refractivity (Wildman–Crippen MR) is 117 cm³/mol. The molecule has 6 nitrogen and oxygen atoms in total. The molecule has 4 rings (SSSR count). The Bertz CT molecular complexity index is 1210. The lowest BCUT2D eigenvalue weighted by atomic mass is 9.98. The number of pyridine rings is 1. The zero-order chi connectivity index (χ0) is 21.8. The zero-order valence-corrected chi connectivity index (χ0v) is 17.1. The maximum Gasteiger partial charge on any atom is 0.208 e. The minimum Gasteiger partial charge on any atom is -0.497 e. The van der Waals surface area contributed by atoms with Gasteiger partial charge in [0.05, 0.1) is 19.1 Å². The number of benzene rings is 2. The highest BCUT2D eigenvalue weighted by Crippen LogP contribution is 2.29. The number of ketones is 1. The van der Waals surface area contributed by atoms with Crippen LogP contribution in [0.25, 0.3) is 11.3 Å². The molecule has 2 N–H and O–H groups in total. The molecule has 1 unspecified atom stereocenters. The molecule has 0 amide bonds. The van der Waals surface area contributed by atoms with Crippen LogP contribution in [0.1, 0.15) is 27.7 Å². The molecule has 0 bridgehead atoms. The third kappa shape index (κ3) is 4.45. The average molecular weight is 416 g/mol. The van der Waals surface area contributed by atoms with Gasteiger partial charge in [-0.05, 0) is 18.6 Å². The van der Waals surface area contributed by atoms with E-state index in [1.54, 1.807) is 18.5 Å². The van der Waals surface area contributed by atoms with Gasteiger partial charge in [0.25, 0.3) is 0 Å². The Balaban J connectivity index is 1.76. The number of aryl methyl sites for hydroxylation is 1. The first-order valence-electron chi connectivity index (χ1n) is 9.71. The Morgan fingerprint density at radius 3 is 2.68 bits per heavy atom. The first-order chi connectivity index (χ1) is 15.0. The van der Waals surface area contributed by atoms with Crippen molar-refractivity contribution in [1.29, 1.82) is 0 Å². The van der Waals surface area contributed by atoms with E-state index in [1.165, 1.54) is 25.6 Å². The van der Waals surface area contributed by atoms with Crippen molar-refractivity contribution in [2.24, 2.45) is 0 Å². The van der Waals surface area contributed by atoms with E-state index in [4.69, 9.17) is 4.74 Å². The zero-order valence-electron chi connectivity index (χ0n) is 17.1. The number of rotatable bonds is 7. The third-order valence-corrected chi connectivity index (χ3v) is 4.84. The van der Waals surface area contributed by atoms with Gasteiger partial charge in [0.2, 0.25) is 5.78 Å². The third-order valence-electron chi connectivity index (χ3n) is 4.84. The van der Waals surface area contributed by atoms with Crippen LogP contribution in [0.4, 0.5) is 10.1 Å². The van der Waals surface area contributed by atoms with Crippen molar-refractivity contribution in [3.8, 4) is 17.0 Å². The van der Waals surface area contributed by atoms with Gasteiger partial charge in [0.1, 0.15) is 23.3 Å². The van der Waals surface area contributed by atoms with E-state index < -0.39 is 11.9 Å². The first-order valence-corrected chi connectivity index (χ1v) is 9.71. The summed E-state index contributed by atoms with van der Waals surface area (Å²) < 4.78 is 19.2. The van der Waals surface area contributed by atoms with Gasteiger partial charge < -0.3 is 15.0 Å². The Morgan fingerprint density at radius 1 is 1.13 bits per heavy atom. The topological polar surface area (TPSA) is 79.9 Å². The fourth-order valence-corrected chi connectivity index (χ4v) is 3.41. The number of aromatic amines is 1. The molecule has 0 saturated heterocycles. The second-order valence-electron chi connectivity index (χ2n) is 7.11. The number of halogens is 1. The van der Waals surface area contributed by atoms with Crippen molar-refractivity contribution in [3.63, 3.8) is 0 Å². The molecule has 156 valence electrons. The molecule has 0 fully saturated rings. The average Bonchev–Trinajstić information content (AvgIpc) is 3.27. The van der Waals surface area contributed by atoms with Crippen LogP contribution < -0.4 is 10.1 Å². The van der Waals surface area contributed by atoms with E-state index in [1.807, 2.05) is 43.3 Å². The molecule has 2 aromatic heterocycles. The van der Waals surface area contributed by atoms with E-state index in [0.29, 0.717) is 28.4 Å². The highest BCUT2D eigenvalue weighted by atomic mass is 19.1. The van der Waals surface area contributed by atoms with Gasteiger partial charge >= 0.3 is 0 Å². The van der Waals surface area contributed by atoms with Crippen LogP contribution in [0, 0.1) is 12.7 Å². The van der Waals surface area contributed by atoms with Crippen LogP contribution >= 0.6 is 0 Å². The molecule has 0 spiro atoms. The van der Waals surface area contributed by atoms with Crippen molar-refractivity contribution in [1.82, 2.24) is 15.0 Å². The van der Waals surface area contributed by atoms with Crippen molar-refractivity contribution >= 4 is 11.5 Å². The van der Waals surface area contributed by atoms with Gasteiger partial charge in [0.15, 0.2) is 0 Å². The summed E-state index contributed by atoms with van der Waals surface area (Å²) in [4.78, 5) is 25.2. The van der Waals surface area contributed by atoms with Crippen LogP contribution in [0.5, 0.6) is 5.75 Å². The molecule has 0 aliphatic heterocycles. The van der Waals surface area contributed by atoms with Gasteiger partial charge in [0, 0.05) is 41.3 Å². The minimum absolute atomic E-state index is 0.244. The number of hydrogen-bond acceptors (Lipinski definition) is 5. The number of nitrogens with zero attached hydrogens (tertiary/aromatic N) is 2. The lowest BCUT2D eigenvalue weighted by molar-refractivity contribution is 0.0965. The number of hydrogen-bond donors (Lipinski definition) is 2. The van der Waals surface area contributed by atoms with Crippen molar-refractivity contribution in [3.05, 3.63) is 96.0 Å². The summed E-state index contributed by atoms with van der Waals surface area (Å²) in [7, 11) is 1.46. The van der Waals surface area contributed by atoms with Crippen LogP contribution in [0.15, 0.2) is 73.3 Å². The molecule has 0 saturated carbocycles. The maximum absolute atomic E-state index is 14.1. The fourth-order valence-electron chi connectivity index (χ4n) is 3.41. The smallest absolute Gasteiger partial charge is 0.208 e. The number of nitrogens with one attached hydrogen (secondary N) is 2. The normalized spacial score (nSPS) is 11.7. The molecule has 1 atom stereocenters. The monoisotopic (exact) mass is 416 g/mol. The molecule has 7 heteroatoms. The number of ether oxygens (including phenoxy) is 1. The summed E-state index contributed by atoms with van der Waals surface area (Å²) in [6.45, 7) is 1.90. The van der Waals surface area contributed by atoms with E-state index in [2.05, 4.69) is 20.3 Å². The number of aromatic nitrogens is 3. The quantitative estimate of drug-likeness (QED) is 0.416. The molecular formula is C24H21FN4O2. The first kappa shape index (κ1) is 20.3. The van der Waals surface area contributed by atoms with Crippen molar-refractivity contribution in [2.45, 2.75) is 13.0 Å². The minimum atomic E-state index is -0.818. The maximum atomic E-state index is 14.1. The highest BCUT2D eigenvalue weighted by molar-refractivity contribution is 6.05. The number of H-pyrrole nitrogens is 1.